The Kier molecular flexibility index (Phi) is 5.90. The lowest BCUT2D eigenvalue weighted by molar-refractivity contribution is 0.456. The van der Waals surface area contributed by atoms with Crippen LogP contribution in [0.2, 0.25) is 0 Å². The summed E-state index contributed by atoms with van der Waals surface area (Å²) in [6, 6.07) is 49.1. The minimum Gasteiger partial charge on any atom is -0.458 e. The molecule has 0 radical (unpaired) electrons. The zero-order chi connectivity index (χ0) is 32.9. The van der Waals surface area contributed by atoms with Crippen LogP contribution >= 0.6 is 0 Å². The van der Waals surface area contributed by atoms with Gasteiger partial charge in [0.15, 0.2) is 11.3 Å². The van der Waals surface area contributed by atoms with Crippen molar-refractivity contribution in [3.8, 4) is 23.0 Å². The van der Waals surface area contributed by atoms with Crippen molar-refractivity contribution in [2.75, 3.05) is 4.90 Å². The van der Waals surface area contributed by atoms with E-state index in [0.717, 1.165) is 78.5 Å². The highest BCUT2D eigenvalue weighted by atomic mass is 16.5. The van der Waals surface area contributed by atoms with Gasteiger partial charge in [0, 0.05) is 39.4 Å². The van der Waals surface area contributed by atoms with E-state index in [0.29, 0.717) is 0 Å². The van der Waals surface area contributed by atoms with Crippen molar-refractivity contribution in [1.29, 1.82) is 0 Å². The molecule has 0 bridgehead atoms. The van der Waals surface area contributed by atoms with Crippen molar-refractivity contribution >= 4 is 72.9 Å². The predicted octanol–water partition coefficient (Wildman–Crippen LogP) is 10.2. The van der Waals surface area contributed by atoms with E-state index < -0.39 is 0 Å². The van der Waals surface area contributed by atoms with Gasteiger partial charge in [0.1, 0.15) is 22.8 Å². The first-order valence-corrected chi connectivity index (χ1v) is 16.9. The first-order valence-electron chi connectivity index (χ1n) is 16.9. The van der Waals surface area contributed by atoms with Gasteiger partial charge in [-0.05, 0) is 87.3 Å². The van der Waals surface area contributed by atoms with Gasteiger partial charge in [-0.25, -0.2) is 0 Å². The number of anilines is 3. The van der Waals surface area contributed by atoms with Crippen LogP contribution < -0.4 is 30.8 Å². The summed E-state index contributed by atoms with van der Waals surface area (Å²) in [5.41, 5.74) is 9.15. The second-order valence-corrected chi connectivity index (χ2v) is 14.1. The number of nitrogens with zero attached hydrogens (tertiary/aromatic N) is 1. The van der Waals surface area contributed by atoms with E-state index in [4.69, 9.17) is 13.9 Å². The number of rotatable bonds is 3. The molecule has 10 rings (SSSR count). The van der Waals surface area contributed by atoms with Crippen molar-refractivity contribution in [2.45, 2.75) is 26.2 Å². The Labute approximate surface area is 285 Å². The Balaban J connectivity index is 1.21. The number of hydrogen-bond acceptors (Lipinski definition) is 4. The number of furan rings is 1. The van der Waals surface area contributed by atoms with Crippen LogP contribution in [0.25, 0.3) is 32.7 Å². The quantitative estimate of drug-likeness (QED) is 0.181. The average Bonchev–Trinajstić information content (AvgIpc) is 3.50. The molecule has 8 aromatic rings. The third-order valence-corrected chi connectivity index (χ3v) is 10.1. The molecule has 0 unspecified atom stereocenters. The third-order valence-electron chi connectivity index (χ3n) is 10.1. The maximum Gasteiger partial charge on any atom is 0.261 e. The molecule has 2 aliphatic heterocycles. The van der Waals surface area contributed by atoms with E-state index in [1.165, 1.54) is 16.2 Å². The van der Waals surface area contributed by atoms with Crippen LogP contribution in [0.5, 0.6) is 23.0 Å². The van der Waals surface area contributed by atoms with E-state index in [1.807, 2.05) is 12.1 Å². The highest BCUT2D eigenvalue weighted by Crippen LogP contribution is 2.44. The van der Waals surface area contributed by atoms with Gasteiger partial charge < -0.3 is 18.8 Å². The van der Waals surface area contributed by atoms with Gasteiger partial charge in [-0.1, -0.05) is 99.6 Å². The molecule has 0 saturated carbocycles. The number of fused-ring (bicyclic) bond motifs is 10. The highest BCUT2D eigenvalue weighted by molar-refractivity contribution is 6.99. The normalized spacial score (nSPS) is 13.1. The molecule has 0 fully saturated rings. The largest absolute Gasteiger partial charge is 0.458 e. The molecule has 0 saturated heterocycles. The summed E-state index contributed by atoms with van der Waals surface area (Å²) in [6.07, 6.45) is 0. The molecule has 234 valence electrons. The molecule has 0 spiro atoms. The molecular formula is C44H32BNO3. The lowest BCUT2D eigenvalue weighted by Crippen LogP contribution is -2.57. The van der Waals surface area contributed by atoms with Crippen molar-refractivity contribution in [3.63, 3.8) is 0 Å². The van der Waals surface area contributed by atoms with E-state index in [-0.39, 0.29) is 12.1 Å². The third kappa shape index (κ3) is 4.25. The number of para-hydroxylation sites is 2. The molecular weight excluding hydrogens is 601 g/mol. The van der Waals surface area contributed by atoms with Crippen LogP contribution in [0, 0.1) is 0 Å². The van der Waals surface area contributed by atoms with Gasteiger partial charge in [0.05, 0.1) is 0 Å². The fraction of sp³-hybridized carbons (Fsp3) is 0.0909. The highest BCUT2D eigenvalue weighted by Gasteiger charge is 2.43. The Hall–Kier alpha value is -5.94. The molecule has 4 nitrogen and oxygen atoms in total. The molecule has 7 aromatic carbocycles. The number of hydrogen-bond donors (Lipinski definition) is 0. The molecule has 5 heteroatoms. The van der Waals surface area contributed by atoms with Crippen LogP contribution in [-0.2, 0) is 5.41 Å². The van der Waals surface area contributed by atoms with Gasteiger partial charge in [0.25, 0.3) is 6.71 Å². The maximum atomic E-state index is 6.96. The van der Waals surface area contributed by atoms with Crippen molar-refractivity contribution in [2.24, 2.45) is 0 Å². The first-order chi connectivity index (χ1) is 23.9. The topological polar surface area (TPSA) is 34.8 Å². The van der Waals surface area contributed by atoms with Crippen LogP contribution in [0.4, 0.5) is 17.1 Å². The van der Waals surface area contributed by atoms with Gasteiger partial charge >= 0.3 is 0 Å². The summed E-state index contributed by atoms with van der Waals surface area (Å²) in [4.78, 5) is 2.26. The van der Waals surface area contributed by atoms with Crippen LogP contribution in [0.15, 0.2) is 144 Å². The Morgan fingerprint density at radius 3 is 1.94 bits per heavy atom. The molecule has 0 amide bonds. The fourth-order valence-corrected chi connectivity index (χ4v) is 7.73. The Bertz CT molecular complexity index is 2560. The van der Waals surface area contributed by atoms with E-state index in [2.05, 4.69) is 153 Å². The second kappa shape index (κ2) is 10.3. The van der Waals surface area contributed by atoms with Crippen LogP contribution in [-0.4, -0.2) is 6.71 Å². The summed E-state index contributed by atoms with van der Waals surface area (Å²) >= 11 is 0. The Morgan fingerprint density at radius 1 is 0.531 bits per heavy atom. The summed E-state index contributed by atoms with van der Waals surface area (Å²) in [7, 11) is 0. The average molecular weight is 634 g/mol. The molecule has 0 atom stereocenters. The van der Waals surface area contributed by atoms with Gasteiger partial charge in [0.2, 0.25) is 0 Å². The number of ether oxygens (including phenoxy) is 2. The van der Waals surface area contributed by atoms with E-state index in [9.17, 15) is 0 Å². The summed E-state index contributed by atoms with van der Waals surface area (Å²) in [6.45, 7) is 6.60. The minimum atomic E-state index is -0.0944. The molecule has 0 N–H and O–H groups in total. The SMILES string of the molecule is CC(C)(C)c1cc2c3c(c1)Oc1c(ccc4c1oc1cc(N(c5ccccc5)c5ccccc5)ccc14)B3c1c(ccc3ccccc13)O2. The lowest BCUT2D eigenvalue weighted by Gasteiger charge is -2.35. The fourth-order valence-electron chi connectivity index (χ4n) is 7.73. The van der Waals surface area contributed by atoms with Gasteiger partial charge in [-0.3, -0.25) is 0 Å². The lowest BCUT2D eigenvalue weighted by atomic mass is 9.34. The van der Waals surface area contributed by atoms with Gasteiger partial charge in [-0.2, -0.15) is 0 Å². The summed E-state index contributed by atoms with van der Waals surface area (Å²) in [5.74, 6) is 3.34. The zero-order valence-electron chi connectivity index (χ0n) is 27.5. The van der Waals surface area contributed by atoms with Crippen molar-refractivity contribution in [1.82, 2.24) is 0 Å². The van der Waals surface area contributed by atoms with Crippen LogP contribution in [0.3, 0.4) is 0 Å². The maximum absolute atomic E-state index is 6.96. The molecule has 1 aromatic heterocycles. The Morgan fingerprint density at radius 2 is 1.20 bits per heavy atom. The summed E-state index contributed by atoms with van der Waals surface area (Å²) < 4.78 is 20.5. The van der Waals surface area contributed by atoms with E-state index in [1.54, 1.807) is 0 Å². The predicted molar refractivity (Wildman–Crippen MR) is 202 cm³/mol. The zero-order valence-corrected chi connectivity index (χ0v) is 27.5. The monoisotopic (exact) mass is 633 g/mol. The van der Waals surface area contributed by atoms with Crippen LogP contribution in [0.1, 0.15) is 26.3 Å². The van der Waals surface area contributed by atoms with Crippen molar-refractivity contribution < 1.29 is 13.9 Å². The minimum absolute atomic E-state index is 0.0718. The molecule has 2 aliphatic rings. The molecule has 0 aliphatic carbocycles. The standard InChI is InChI=1S/C44H32BNO3/c1-44(2,3)28-24-38-41-39(25-28)49-43-35(45(41)40-32-17-11-10-12-27(32)18-23-36(40)47-38)22-21-34-33-20-19-31(26-37(33)48-42(34)43)46(29-13-6-4-7-14-29)30-15-8-5-9-16-30/h4-26H,1-3H3. The van der Waals surface area contributed by atoms with E-state index >= 15 is 0 Å². The smallest absolute Gasteiger partial charge is 0.261 e. The summed E-state index contributed by atoms with van der Waals surface area (Å²) in [5, 5.41) is 4.46. The van der Waals surface area contributed by atoms with Crippen molar-refractivity contribution in [3.05, 3.63) is 145 Å². The first kappa shape index (κ1) is 28.1. The second-order valence-electron chi connectivity index (χ2n) is 14.1. The van der Waals surface area contributed by atoms with Gasteiger partial charge in [-0.15, -0.1) is 0 Å². The molecule has 49 heavy (non-hydrogen) atoms. The number of benzene rings is 7. The molecule has 3 heterocycles.